The van der Waals surface area contributed by atoms with Gasteiger partial charge in [0.2, 0.25) is 5.95 Å². The summed E-state index contributed by atoms with van der Waals surface area (Å²) in [7, 11) is 0. The summed E-state index contributed by atoms with van der Waals surface area (Å²) in [6.07, 6.45) is 7.37. The number of aryl methyl sites for hydroxylation is 2. The quantitative estimate of drug-likeness (QED) is 0.685. The summed E-state index contributed by atoms with van der Waals surface area (Å²) in [4.78, 5) is 44.2. The number of H-pyrrole nitrogens is 1. The van der Waals surface area contributed by atoms with Crippen LogP contribution in [0.2, 0.25) is 0 Å². The van der Waals surface area contributed by atoms with Crippen LogP contribution in [0.3, 0.4) is 0 Å². The third kappa shape index (κ3) is 3.69. The molecule has 2 aliphatic rings. The number of carbonyl (C=O) groups is 2. The number of hydrogen-bond acceptors (Lipinski definition) is 5. The summed E-state index contributed by atoms with van der Waals surface area (Å²) >= 11 is 0. The normalized spacial score (nSPS) is 16.6. The van der Waals surface area contributed by atoms with Crippen LogP contribution in [-0.4, -0.2) is 37.6 Å². The van der Waals surface area contributed by atoms with Gasteiger partial charge >= 0.3 is 11.8 Å². The highest BCUT2D eigenvalue weighted by Crippen LogP contribution is 2.20. The van der Waals surface area contributed by atoms with E-state index in [-0.39, 0.29) is 17.5 Å². The molecule has 0 aliphatic heterocycles. The topological polar surface area (TPSA) is 122 Å². The number of anilines is 1. The minimum Gasteiger partial charge on any atom is -0.345 e. The van der Waals surface area contributed by atoms with Crippen LogP contribution in [0.5, 0.6) is 0 Å². The van der Waals surface area contributed by atoms with Crippen LogP contribution in [0.25, 0.3) is 5.95 Å². The lowest BCUT2D eigenvalue weighted by atomic mass is 9.97. The van der Waals surface area contributed by atoms with Gasteiger partial charge in [-0.1, -0.05) is 12.8 Å². The molecule has 9 heteroatoms. The molecule has 2 amide bonds. The molecular weight excluding hydrogens is 360 g/mol. The molecule has 0 atom stereocenters. The molecule has 0 aromatic carbocycles. The van der Waals surface area contributed by atoms with Crippen molar-refractivity contribution in [1.82, 2.24) is 25.1 Å². The van der Waals surface area contributed by atoms with Gasteiger partial charge in [0.15, 0.2) is 0 Å². The first kappa shape index (κ1) is 18.4. The maximum atomic E-state index is 12.4. The fraction of sp³-hybridized carbons (Fsp3) is 0.526. The SMILES string of the molecule is Cc1cc(NC(=O)C(=O)NC2CCCC2)n(-c2nc3c(c(=O)[nH]2)CCCC3)n1. The Hall–Kier alpha value is -2.97. The molecule has 1 fully saturated rings. The number of nitrogens with zero attached hydrogens (tertiary/aromatic N) is 3. The van der Waals surface area contributed by atoms with Gasteiger partial charge in [-0.25, -0.2) is 4.98 Å². The number of rotatable bonds is 3. The van der Waals surface area contributed by atoms with Crippen molar-refractivity contribution in [2.45, 2.75) is 64.3 Å². The van der Waals surface area contributed by atoms with Crippen LogP contribution >= 0.6 is 0 Å². The summed E-state index contributed by atoms with van der Waals surface area (Å²) in [6.45, 7) is 1.77. The number of carbonyl (C=O) groups excluding carboxylic acids is 2. The number of aromatic amines is 1. The smallest absolute Gasteiger partial charge is 0.314 e. The van der Waals surface area contributed by atoms with Crippen LogP contribution < -0.4 is 16.2 Å². The van der Waals surface area contributed by atoms with Gasteiger partial charge in [0.25, 0.3) is 5.56 Å². The Morgan fingerprint density at radius 1 is 1.14 bits per heavy atom. The molecule has 0 unspecified atom stereocenters. The highest BCUT2D eigenvalue weighted by molar-refractivity contribution is 6.39. The van der Waals surface area contributed by atoms with Crippen LogP contribution in [0.1, 0.15) is 55.5 Å². The second kappa shape index (κ2) is 7.57. The molecule has 3 N–H and O–H groups in total. The van der Waals surface area contributed by atoms with Crippen molar-refractivity contribution in [3.05, 3.63) is 33.4 Å². The molecule has 0 bridgehead atoms. The van der Waals surface area contributed by atoms with E-state index in [0.717, 1.165) is 62.6 Å². The van der Waals surface area contributed by atoms with Gasteiger partial charge in [-0.3, -0.25) is 19.4 Å². The average Bonchev–Trinajstić information content (AvgIpc) is 3.31. The second-order valence-corrected chi connectivity index (χ2v) is 7.51. The summed E-state index contributed by atoms with van der Waals surface area (Å²) in [5.74, 6) is -0.884. The molecule has 4 rings (SSSR count). The third-order valence-corrected chi connectivity index (χ3v) is 5.35. The van der Waals surface area contributed by atoms with E-state index in [9.17, 15) is 14.4 Å². The Balaban J connectivity index is 1.57. The van der Waals surface area contributed by atoms with Gasteiger partial charge in [0.05, 0.1) is 11.4 Å². The number of aromatic nitrogens is 4. The lowest BCUT2D eigenvalue weighted by molar-refractivity contribution is -0.136. The third-order valence-electron chi connectivity index (χ3n) is 5.35. The molecule has 28 heavy (non-hydrogen) atoms. The van der Waals surface area contributed by atoms with Gasteiger partial charge in [-0.15, -0.1) is 0 Å². The van der Waals surface area contributed by atoms with Crippen molar-refractivity contribution < 1.29 is 9.59 Å². The molecule has 2 heterocycles. The van der Waals surface area contributed by atoms with Crippen LogP contribution in [0.4, 0.5) is 5.82 Å². The summed E-state index contributed by atoms with van der Waals surface area (Å²) in [6, 6.07) is 1.70. The summed E-state index contributed by atoms with van der Waals surface area (Å²) < 4.78 is 1.37. The van der Waals surface area contributed by atoms with Crippen LogP contribution in [0.15, 0.2) is 10.9 Å². The van der Waals surface area contributed by atoms with Crippen LogP contribution in [0, 0.1) is 6.92 Å². The summed E-state index contributed by atoms with van der Waals surface area (Å²) in [5.41, 5.74) is 1.95. The number of nitrogens with one attached hydrogen (secondary N) is 3. The Morgan fingerprint density at radius 2 is 1.89 bits per heavy atom. The van der Waals surface area contributed by atoms with E-state index in [1.54, 1.807) is 13.0 Å². The molecule has 2 aromatic rings. The standard InChI is InChI=1S/C19H24N6O3/c1-11-10-15(22-18(28)17(27)20-12-6-2-3-7-12)25(24-11)19-21-14-9-5-4-8-13(14)16(26)23-19/h10,12H,2-9H2,1H3,(H,20,27)(H,22,28)(H,21,23,26). The van der Waals surface area contributed by atoms with E-state index >= 15 is 0 Å². The van der Waals surface area contributed by atoms with Crippen LogP contribution in [-0.2, 0) is 22.4 Å². The van der Waals surface area contributed by atoms with E-state index in [4.69, 9.17) is 0 Å². The predicted molar refractivity (Wildman–Crippen MR) is 102 cm³/mol. The van der Waals surface area contributed by atoms with Gasteiger partial charge in [0.1, 0.15) is 5.82 Å². The zero-order chi connectivity index (χ0) is 19.7. The fourth-order valence-corrected chi connectivity index (χ4v) is 3.93. The molecule has 2 aromatic heterocycles. The highest BCUT2D eigenvalue weighted by Gasteiger charge is 2.23. The van der Waals surface area contributed by atoms with Crippen molar-refractivity contribution >= 4 is 17.6 Å². The number of amides is 2. The zero-order valence-corrected chi connectivity index (χ0v) is 15.9. The van der Waals surface area contributed by atoms with E-state index in [1.165, 1.54) is 4.68 Å². The first-order valence-corrected chi connectivity index (χ1v) is 9.82. The number of hydrogen-bond donors (Lipinski definition) is 3. The van der Waals surface area contributed by atoms with Gasteiger partial charge in [-0.05, 0) is 45.4 Å². The molecule has 148 valence electrons. The Bertz CT molecular complexity index is 971. The van der Waals surface area contributed by atoms with E-state index in [1.807, 2.05) is 0 Å². The average molecular weight is 384 g/mol. The van der Waals surface area contributed by atoms with Gasteiger partial charge in [-0.2, -0.15) is 9.78 Å². The molecule has 2 aliphatic carbocycles. The Kier molecular flexibility index (Phi) is 4.97. The maximum Gasteiger partial charge on any atom is 0.314 e. The fourth-order valence-electron chi connectivity index (χ4n) is 3.93. The summed E-state index contributed by atoms with van der Waals surface area (Å²) in [5, 5.41) is 9.68. The molecule has 0 spiro atoms. The Labute approximate surface area is 161 Å². The van der Waals surface area contributed by atoms with Crippen molar-refractivity contribution in [2.24, 2.45) is 0 Å². The maximum absolute atomic E-state index is 12.4. The molecular formula is C19H24N6O3. The first-order chi connectivity index (χ1) is 13.5. The van der Waals surface area contributed by atoms with Crippen molar-refractivity contribution in [2.75, 3.05) is 5.32 Å². The molecule has 0 radical (unpaired) electrons. The monoisotopic (exact) mass is 384 g/mol. The van der Waals surface area contributed by atoms with Crippen molar-refractivity contribution in [3.8, 4) is 5.95 Å². The van der Waals surface area contributed by atoms with E-state index in [2.05, 4.69) is 25.7 Å². The lowest BCUT2D eigenvalue weighted by Crippen LogP contribution is -2.40. The largest absolute Gasteiger partial charge is 0.345 e. The second-order valence-electron chi connectivity index (χ2n) is 7.51. The first-order valence-electron chi connectivity index (χ1n) is 9.82. The minimum atomic E-state index is -0.756. The Morgan fingerprint density at radius 3 is 2.68 bits per heavy atom. The minimum absolute atomic E-state index is 0.0589. The van der Waals surface area contributed by atoms with Gasteiger partial charge < -0.3 is 10.6 Å². The lowest BCUT2D eigenvalue weighted by Gasteiger charge is -2.15. The van der Waals surface area contributed by atoms with Crippen molar-refractivity contribution in [3.63, 3.8) is 0 Å². The van der Waals surface area contributed by atoms with E-state index in [0.29, 0.717) is 11.5 Å². The molecule has 0 saturated heterocycles. The predicted octanol–water partition coefficient (Wildman–Crippen LogP) is 1.14. The highest BCUT2D eigenvalue weighted by atomic mass is 16.2. The van der Waals surface area contributed by atoms with E-state index < -0.39 is 11.8 Å². The molecule has 1 saturated carbocycles. The van der Waals surface area contributed by atoms with Crippen molar-refractivity contribution in [1.29, 1.82) is 0 Å². The van der Waals surface area contributed by atoms with Gasteiger partial charge in [0, 0.05) is 17.7 Å². The zero-order valence-electron chi connectivity index (χ0n) is 15.9. The molecule has 9 nitrogen and oxygen atoms in total. The number of fused-ring (bicyclic) bond motifs is 1.